The quantitative estimate of drug-likeness (QED) is 0.641. The van der Waals surface area contributed by atoms with Gasteiger partial charge in [-0.25, -0.2) is 0 Å². The van der Waals surface area contributed by atoms with Gasteiger partial charge in [0.15, 0.2) is 0 Å². The highest BCUT2D eigenvalue weighted by Gasteiger charge is 2.01. The molecule has 1 rings (SSSR count). The first-order valence-corrected chi connectivity index (χ1v) is 6.50. The van der Waals surface area contributed by atoms with Crippen molar-refractivity contribution >= 4 is 0 Å². The van der Waals surface area contributed by atoms with E-state index in [-0.39, 0.29) is 0 Å². The van der Waals surface area contributed by atoms with Gasteiger partial charge < -0.3 is 4.90 Å². The van der Waals surface area contributed by atoms with Gasteiger partial charge in [-0.15, -0.1) is 0 Å². The van der Waals surface area contributed by atoms with E-state index in [1.165, 1.54) is 18.4 Å². The lowest BCUT2D eigenvalue weighted by Crippen LogP contribution is -2.25. The molecule has 0 aliphatic carbocycles. The fourth-order valence-electron chi connectivity index (χ4n) is 1.95. The van der Waals surface area contributed by atoms with E-state index in [1.54, 1.807) is 0 Å². The highest BCUT2D eigenvalue weighted by Crippen LogP contribution is 2.05. The molecule has 0 bridgehead atoms. The van der Waals surface area contributed by atoms with Crippen LogP contribution in [0.1, 0.15) is 31.7 Å². The van der Waals surface area contributed by atoms with E-state index >= 15 is 0 Å². The van der Waals surface area contributed by atoms with Gasteiger partial charge in [0.25, 0.3) is 0 Å². The average Bonchev–Trinajstić information content (AvgIpc) is 2.39. The molecule has 0 unspecified atom stereocenters. The monoisotopic (exact) mass is 230 g/mol. The molecule has 92 valence electrons. The Bertz CT molecular complexity index is 327. The lowest BCUT2D eigenvalue weighted by molar-refractivity contribution is 0.288. The highest BCUT2D eigenvalue weighted by atomic mass is 15.1. The zero-order valence-electron chi connectivity index (χ0n) is 10.7. The highest BCUT2D eigenvalue weighted by molar-refractivity contribution is 5.14. The van der Waals surface area contributed by atoms with E-state index < -0.39 is 0 Å². The molecule has 0 aliphatic rings. The molecule has 0 radical (unpaired) electrons. The van der Waals surface area contributed by atoms with Gasteiger partial charge in [0.2, 0.25) is 0 Å². The summed E-state index contributed by atoms with van der Waals surface area (Å²) in [6.07, 6.45) is 4.25. The summed E-state index contributed by atoms with van der Waals surface area (Å²) < 4.78 is 0. The van der Waals surface area contributed by atoms with Crippen LogP contribution in [-0.2, 0) is 6.42 Å². The smallest absolute Gasteiger partial charge is 0.0635 e. The molecular formula is C15H22N2. The lowest BCUT2D eigenvalue weighted by atomic mass is 10.1. The Morgan fingerprint density at radius 2 is 1.88 bits per heavy atom. The third-order valence-electron chi connectivity index (χ3n) is 3.02. The van der Waals surface area contributed by atoms with Gasteiger partial charge in [0, 0.05) is 13.0 Å². The van der Waals surface area contributed by atoms with Crippen LogP contribution in [-0.4, -0.2) is 24.5 Å². The fraction of sp³-hybridized carbons (Fsp3) is 0.533. The maximum Gasteiger partial charge on any atom is 0.0635 e. The molecule has 2 nitrogen and oxygen atoms in total. The molecular weight excluding hydrogens is 208 g/mol. The molecule has 1 aromatic carbocycles. The van der Waals surface area contributed by atoms with Crippen molar-refractivity contribution in [3.63, 3.8) is 0 Å². The minimum Gasteiger partial charge on any atom is -0.303 e. The van der Waals surface area contributed by atoms with Gasteiger partial charge in [-0.05, 0) is 37.9 Å². The Morgan fingerprint density at radius 3 is 2.53 bits per heavy atom. The summed E-state index contributed by atoms with van der Waals surface area (Å²) in [5.74, 6) is 0. The molecule has 2 heteroatoms. The minimum absolute atomic E-state index is 0.645. The maximum absolute atomic E-state index is 8.55. The Labute approximate surface area is 105 Å². The van der Waals surface area contributed by atoms with Crippen LogP contribution < -0.4 is 0 Å². The van der Waals surface area contributed by atoms with Crippen LogP contribution in [0.25, 0.3) is 0 Å². The average molecular weight is 230 g/mol. The number of benzene rings is 1. The Morgan fingerprint density at radius 1 is 1.12 bits per heavy atom. The number of hydrogen-bond donors (Lipinski definition) is 0. The van der Waals surface area contributed by atoms with E-state index in [0.717, 1.165) is 26.1 Å². The second-order valence-electron chi connectivity index (χ2n) is 4.29. The molecule has 0 aliphatic heterocycles. The van der Waals surface area contributed by atoms with Crippen molar-refractivity contribution in [3.05, 3.63) is 35.9 Å². The van der Waals surface area contributed by atoms with E-state index in [4.69, 9.17) is 5.26 Å². The summed E-state index contributed by atoms with van der Waals surface area (Å²) in [5.41, 5.74) is 1.42. The van der Waals surface area contributed by atoms with Crippen LogP contribution in [0.2, 0.25) is 0 Å². The SMILES string of the molecule is CCN(CCC#N)CCCCc1ccccc1. The van der Waals surface area contributed by atoms with Gasteiger partial charge in [0.05, 0.1) is 6.07 Å². The third kappa shape index (κ3) is 6.09. The van der Waals surface area contributed by atoms with Crippen molar-refractivity contribution in [2.24, 2.45) is 0 Å². The molecule has 0 N–H and O–H groups in total. The summed E-state index contributed by atoms with van der Waals surface area (Å²) in [6, 6.07) is 12.8. The van der Waals surface area contributed by atoms with E-state index in [0.29, 0.717) is 6.42 Å². The predicted octanol–water partition coefficient (Wildman–Crippen LogP) is 3.24. The topological polar surface area (TPSA) is 27.0 Å². The van der Waals surface area contributed by atoms with Gasteiger partial charge in [0.1, 0.15) is 0 Å². The molecule has 0 atom stereocenters. The number of unbranched alkanes of at least 4 members (excludes halogenated alkanes) is 1. The van der Waals surface area contributed by atoms with Crippen LogP contribution in [0.15, 0.2) is 30.3 Å². The zero-order chi connectivity index (χ0) is 12.3. The first kappa shape index (κ1) is 13.7. The molecule has 0 fully saturated rings. The molecule has 0 saturated heterocycles. The normalized spacial score (nSPS) is 10.4. The predicted molar refractivity (Wildman–Crippen MR) is 71.7 cm³/mol. The number of hydrogen-bond acceptors (Lipinski definition) is 2. The zero-order valence-corrected chi connectivity index (χ0v) is 10.7. The Balaban J connectivity index is 2.12. The Kier molecular flexibility index (Phi) is 7.09. The third-order valence-corrected chi connectivity index (χ3v) is 3.02. The minimum atomic E-state index is 0.645. The molecule has 0 heterocycles. The molecule has 0 spiro atoms. The summed E-state index contributed by atoms with van der Waals surface area (Å²) in [4.78, 5) is 2.36. The van der Waals surface area contributed by atoms with Gasteiger partial charge in [-0.2, -0.15) is 5.26 Å². The van der Waals surface area contributed by atoms with E-state index in [2.05, 4.69) is 48.2 Å². The van der Waals surface area contributed by atoms with Crippen molar-refractivity contribution in [2.75, 3.05) is 19.6 Å². The van der Waals surface area contributed by atoms with E-state index in [1.807, 2.05) is 0 Å². The molecule has 0 saturated carbocycles. The van der Waals surface area contributed by atoms with Gasteiger partial charge in [-0.3, -0.25) is 0 Å². The number of nitrogens with zero attached hydrogens (tertiary/aromatic N) is 2. The summed E-state index contributed by atoms with van der Waals surface area (Å²) in [7, 11) is 0. The first-order valence-electron chi connectivity index (χ1n) is 6.50. The largest absolute Gasteiger partial charge is 0.303 e. The van der Waals surface area contributed by atoms with Gasteiger partial charge >= 0.3 is 0 Å². The van der Waals surface area contributed by atoms with Crippen molar-refractivity contribution in [1.82, 2.24) is 4.90 Å². The van der Waals surface area contributed by atoms with Crippen LogP contribution in [0, 0.1) is 11.3 Å². The number of rotatable bonds is 8. The van der Waals surface area contributed by atoms with Crippen molar-refractivity contribution in [1.29, 1.82) is 5.26 Å². The molecule has 0 aromatic heterocycles. The number of nitriles is 1. The fourth-order valence-corrected chi connectivity index (χ4v) is 1.95. The second kappa shape index (κ2) is 8.78. The standard InChI is InChI=1S/C15H22N2/c1-2-17(14-8-12-16)13-7-6-11-15-9-4-3-5-10-15/h3-5,9-10H,2,6-8,11,13-14H2,1H3. The van der Waals surface area contributed by atoms with Crippen molar-refractivity contribution < 1.29 is 0 Å². The summed E-state index contributed by atoms with van der Waals surface area (Å²) >= 11 is 0. The lowest BCUT2D eigenvalue weighted by Gasteiger charge is -2.18. The summed E-state index contributed by atoms with van der Waals surface area (Å²) in [5, 5.41) is 8.55. The molecule has 0 amide bonds. The summed E-state index contributed by atoms with van der Waals surface area (Å²) in [6.45, 7) is 5.24. The molecule has 17 heavy (non-hydrogen) atoms. The van der Waals surface area contributed by atoms with Gasteiger partial charge in [-0.1, -0.05) is 37.3 Å². The first-order chi connectivity index (χ1) is 8.36. The molecule has 1 aromatic rings. The van der Waals surface area contributed by atoms with Crippen LogP contribution in [0.4, 0.5) is 0 Å². The van der Waals surface area contributed by atoms with Crippen LogP contribution in [0.3, 0.4) is 0 Å². The Hall–Kier alpha value is -1.33. The van der Waals surface area contributed by atoms with Crippen LogP contribution >= 0.6 is 0 Å². The van der Waals surface area contributed by atoms with Crippen molar-refractivity contribution in [3.8, 4) is 6.07 Å². The van der Waals surface area contributed by atoms with Crippen molar-refractivity contribution in [2.45, 2.75) is 32.6 Å². The van der Waals surface area contributed by atoms with E-state index in [9.17, 15) is 0 Å². The second-order valence-corrected chi connectivity index (χ2v) is 4.29. The van der Waals surface area contributed by atoms with Crippen LogP contribution in [0.5, 0.6) is 0 Å². The maximum atomic E-state index is 8.55. The number of aryl methyl sites for hydroxylation is 1.